The van der Waals surface area contributed by atoms with E-state index in [1.165, 1.54) is 0 Å². The number of aromatic amines is 1. The molecule has 0 aliphatic heterocycles. The van der Waals surface area contributed by atoms with Gasteiger partial charge in [-0.3, -0.25) is 9.89 Å². The number of benzene rings is 2. The van der Waals surface area contributed by atoms with Gasteiger partial charge in [-0.1, -0.05) is 30.3 Å². The Kier molecular flexibility index (Phi) is 3.31. The van der Waals surface area contributed by atoms with Crippen molar-refractivity contribution >= 4 is 38.4 Å². The highest BCUT2D eigenvalue weighted by Crippen LogP contribution is 2.23. The molecule has 1 amide bonds. The zero-order valence-corrected chi connectivity index (χ0v) is 13.3. The van der Waals surface area contributed by atoms with Crippen molar-refractivity contribution in [2.45, 2.75) is 6.54 Å². The third kappa shape index (κ3) is 2.47. The first kappa shape index (κ1) is 13.9. The molecule has 5 nitrogen and oxygen atoms in total. The van der Waals surface area contributed by atoms with E-state index < -0.39 is 0 Å². The average Bonchev–Trinajstić information content (AvgIpc) is 3.17. The second kappa shape index (κ2) is 5.48. The summed E-state index contributed by atoms with van der Waals surface area (Å²) in [5, 5.41) is 8.83. The Hall–Kier alpha value is -2.73. The molecule has 0 unspecified atom stereocenters. The van der Waals surface area contributed by atoms with Crippen LogP contribution in [0.3, 0.4) is 0 Å². The van der Waals surface area contributed by atoms with Crippen LogP contribution in [0.5, 0.6) is 0 Å². The summed E-state index contributed by atoms with van der Waals surface area (Å²) in [6.45, 7) is 0.472. The largest absolute Gasteiger partial charge is 0.334 e. The van der Waals surface area contributed by atoms with E-state index in [0.717, 1.165) is 26.1 Å². The van der Waals surface area contributed by atoms with Crippen molar-refractivity contribution in [1.82, 2.24) is 20.1 Å². The number of thiazole rings is 1. The van der Waals surface area contributed by atoms with Crippen LogP contribution in [-0.2, 0) is 6.54 Å². The van der Waals surface area contributed by atoms with Crippen molar-refractivity contribution in [3.05, 3.63) is 59.2 Å². The molecule has 6 heteroatoms. The molecular formula is C17H14N4OS. The molecule has 0 spiro atoms. The Bertz CT molecular complexity index is 971. The highest BCUT2D eigenvalue weighted by atomic mass is 32.1. The molecule has 4 aromatic rings. The lowest BCUT2D eigenvalue weighted by Crippen LogP contribution is -2.26. The molecule has 0 saturated heterocycles. The summed E-state index contributed by atoms with van der Waals surface area (Å²) in [5.41, 5.74) is 2.28. The van der Waals surface area contributed by atoms with Gasteiger partial charge in [-0.15, -0.1) is 11.3 Å². The monoisotopic (exact) mass is 322 g/mol. The zero-order chi connectivity index (χ0) is 15.8. The van der Waals surface area contributed by atoms with Gasteiger partial charge < -0.3 is 4.90 Å². The third-order valence-electron chi connectivity index (χ3n) is 3.73. The zero-order valence-electron chi connectivity index (χ0n) is 12.5. The van der Waals surface area contributed by atoms with Crippen LogP contribution in [-0.4, -0.2) is 33.0 Å². The van der Waals surface area contributed by atoms with Crippen molar-refractivity contribution in [2.24, 2.45) is 0 Å². The van der Waals surface area contributed by atoms with Crippen LogP contribution < -0.4 is 0 Å². The minimum absolute atomic E-state index is 0.110. The van der Waals surface area contributed by atoms with Gasteiger partial charge in [-0.05, 0) is 18.2 Å². The van der Waals surface area contributed by atoms with Gasteiger partial charge in [0.2, 0.25) is 0 Å². The summed E-state index contributed by atoms with van der Waals surface area (Å²) in [6.07, 6.45) is 0. The maximum atomic E-state index is 12.7. The Morgan fingerprint density at radius 2 is 1.96 bits per heavy atom. The number of hydrogen-bond acceptors (Lipinski definition) is 4. The molecule has 0 aliphatic carbocycles. The molecule has 0 radical (unpaired) electrons. The second-order valence-corrected chi connectivity index (χ2v) is 6.47. The molecule has 114 valence electrons. The van der Waals surface area contributed by atoms with Crippen molar-refractivity contribution in [2.75, 3.05) is 7.05 Å². The van der Waals surface area contributed by atoms with Crippen molar-refractivity contribution in [1.29, 1.82) is 0 Å². The molecule has 0 bridgehead atoms. The molecule has 4 rings (SSSR count). The number of fused-ring (bicyclic) bond motifs is 2. The number of H-pyrrole nitrogens is 1. The normalized spacial score (nSPS) is 11.2. The molecule has 1 N–H and O–H groups in total. The number of hydrogen-bond donors (Lipinski definition) is 1. The van der Waals surface area contributed by atoms with E-state index in [2.05, 4.69) is 15.2 Å². The van der Waals surface area contributed by atoms with Crippen LogP contribution in [0.1, 0.15) is 15.5 Å². The maximum Gasteiger partial charge on any atom is 0.275 e. The fourth-order valence-corrected chi connectivity index (χ4v) is 3.59. The van der Waals surface area contributed by atoms with E-state index in [4.69, 9.17) is 0 Å². The van der Waals surface area contributed by atoms with E-state index in [9.17, 15) is 4.79 Å². The number of para-hydroxylation sites is 2. The highest BCUT2D eigenvalue weighted by Gasteiger charge is 2.19. The lowest BCUT2D eigenvalue weighted by molar-refractivity contribution is 0.0781. The highest BCUT2D eigenvalue weighted by molar-refractivity contribution is 7.18. The number of rotatable bonds is 3. The van der Waals surface area contributed by atoms with Crippen molar-refractivity contribution < 1.29 is 4.79 Å². The predicted octanol–water partition coefficient (Wildman–Crippen LogP) is 3.44. The Morgan fingerprint density at radius 3 is 2.83 bits per heavy atom. The lowest BCUT2D eigenvalue weighted by atomic mass is 10.2. The van der Waals surface area contributed by atoms with Crippen LogP contribution in [0.2, 0.25) is 0 Å². The number of carbonyl (C=O) groups is 1. The standard InChI is InChI=1S/C17H14N4OS/c1-21(10-15-18-13-8-4-5-9-14(13)23-15)17(22)16-11-6-2-3-7-12(11)19-20-16/h2-9H,10H2,1H3,(H,19,20). The number of aromatic nitrogens is 3. The minimum atomic E-state index is -0.110. The number of amides is 1. The number of nitrogens with zero attached hydrogens (tertiary/aromatic N) is 3. The van der Waals surface area contributed by atoms with Gasteiger partial charge in [-0.25, -0.2) is 4.98 Å². The molecule has 0 aliphatic rings. The summed E-state index contributed by atoms with van der Waals surface area (Å²) < 4.78 is 1.13. The SMILES string of the molecule is CN(Cc1nc2ccccc2s1)C(=O)c1n[nH]c2ccccc12. The van der Waals surface area contributed by atoms with E-state index in [1.807, 2.05) is 48.5 Å². The van der Waals surface area contributed by atoms with E-state index >= 15 is 0 Å². The summed E-state index contributed by atoms with van der Waals surface area (Å²) in [7, 11) is 1.78. The molecule has 0 saturated carbocycles. The van der Waals surface area contributed by atoms with E-state index in [-0.39, 0.29) is 5.91 Å². The fraction of sp³-hybridized carbons (Fsp3) is 0.118. The average molecular weight is 322 g/mol. The summed E-state index contributed by atoms with van der Waals surface area (Å²) in [4.78, 5) is 18.9. The van der Waals surface area contributed by atoms with E-state index in [1.54, 1.807) is 23.3 Å². The van der Waals surface area contributed by atoms with Crippen LogP contribution in [0, 0.1) is 0 Å². The fourth-order valence-electron chi connectivity index (χ4n) is 2.57. The molecule has 2 aromatic carbocycles. The van der Waals surface area contributed by atoms with Crippen LogP contribution in [0.15, 0.2) is 48.5 Å². The third-order valence-corrected chi connectivity index (χ3v) is 4.75. The molecule has 0 atom stereocenters. The first-order valence-corrected chi connectivity index (χ1v) is 8.07. The van der Waals surface area contributed by atoms with Crippen molar-refractivity contribution in [3.63, 3.8) is 0 Å². The Labute approximate surface area is 136 Å². The number of carbonyl (C=O) groups excluding carboxylic acids is 1. The topological polar surface area (TPSA) is 61.9 Å². The molecule has 23 heavy (non-hydrogen) atoms. The molecule has 2 aromatic heterocycles. The molecule has 0 fully saturated rings. The van der Waals surface area contributed by atoms with E-state index in [0.29, 0.717) is 12.2 Å². The second-order valence-electron chi connectivity index (χ2n) is 5.35. The lowest BCUT2D eigenvalue weighted by Gasteiger charge is -2.14. The molecule has 2 heterocycles. The maximum absolute atomic E-state index is 12.7. The van der Waals surface area contributed by atoms with Gasteiger partial charge in [0.25, 0.3) is 5.91 Å². The first-order chi connectivity index (χ1) is 11.2. The summed E-state index contributed by atoms with van der Waals surface area (Å²) in [6, 6.07) is 15.6. The summed E-state index contributed by atoms with van der Waals surface area (Å²) >= 11 is 1.61. The van der Waals surface area contributed by atoms with Gasteiger partial charge in [0.05, 0.1) is 22.3 Å². The van der Waals surface area contributed by atoms with Crippen LogP contribution in [0.25, 0.3) is 21.1 Å². The minimum Gasteiger partial charge on any atom is -0.334 e. The van der Waals surface area contributed by atoms with Gasteiger partial charge in [0.1, 0.15) is 5.01 Å². The first-order valence-electron chi connectivity index (χ1n) is 7.25. The summed E-state index contributed by atoms with van der Waals surface area (Å²) in [5.74, 6) is -0.110. The van der Waals surface area contributed by atoms with Crippen LogP contribution in [0.4, 0.5) is 0 Å². The van der Waals surface area contributed by atoms with Gasteiger partial charge in [0.15, 0.2) is 5.69 Å². The molecular weight excluding hydrogens is 308 g/mol. The Balaban J connectivity index is 1.60. The van der Waals surface area contributed by atoms with Crippen molar-refractivity contribution in [3.8, 4) is 0 Å². The number of nitrogens with one attached hydrogen (secondary N) is 1. The smallest absolute Gasteiger partial charge is 0.275 e. The predicted molar refractivity (Wildman–Crippen MR) is 91.5 cm³/mol. The van der Waals surface area contributed by atoms with Gasteiger partial charge >= 0.3 is 0 Å². The quantitative estimate of drug-likeness (QED) is 0.628. The van der Waals surface area contributed by atoms with Gasteiger partial charge in [0, 0.05) is 12.4 Å². The van der Waals surface area contributed by atoms with Gasteiger partial charge in [-0.2, -0.15) is 5.10 Å². The van der Waals surface area contributed by atoms with Crippen LogP contribution >= 0.6 is 11.3 Å². The Morgan fingerprint density at radius 1 is 1.17 bits per heavy atom.